The van der Waals surface area contributed by atoms with Crippen LogP contribution in [0.1, 0.15) is 52.9 Å². The van der Waals surface area contributed by atoms with E-state index in [-0.39, 0.29) is 12.1 Å². The maximum absolute atomic E-state index is 11.7. The van der Waals surface area contributed by atoms with Gasteiger partial charge < -0.3 is 10.6 Å². The highest BCUT2D eigenvalue weighted by atomic mass is 16.2. The normalized spacial score (nSPS) is 26.1. The summed E-state index contributed by atoms with van der Waals surface area (Å²) in [5.74, 6) is -0.509. The van der Waals surface area contributed by atoms with E-state index in [1.165, 1.54) is 6.42 Å². The third-order valence-electron chi connectivity index (χ3n) is 3.62. The first-order valence-corrected chi connectivity index (χ1v) is 6.66. The van der Waals surface area contributed by atoms with Gasteiger partial charge in [-0.2, -0.15) is 0 Å². The maximum atomic E-state index is 11.7. The molecule has 3 atom stereocenters. The Morgan fingerprint density at radius 3 is 2.47 bits per heavy atom. The predicted octanol–water partition coefficient (Wildman–Crippen LogP) is 1.60. The number of rotatable bonds is 3. The summed E-state index contributed by atoms with van der Waals surface area (Å²) < 4.78 is 0. The van der Waals surface area contributed by atoms with Gasteiger partial charge in [0, 0.05) is 12.1 Å². The van der Waals surface area contributed by atoms with Gasteiger partial charge in [-0.05, 0) is 32.1 Å². The summed E-state index contributed by atoms with van der Waals surface area (Å²) in [4.78, 5) is 23.3. The van der Waals surface area contributed by atoms with Crippen molar-refractivity contribution < 1.29 is 9.59 Å². The minimum absolute atomic E-state index is 0.0528. The Morgan fingerprint density at radius 1 is 1.24 bits per heavy atom. The second-order valence-corrected chi connectivity index (χ2v) is 5.12. The average Bonchev–Trinajstić information content (AvgIpc) is 2.31. The molecule has 0 unspecified atom stereocenters. The minimum Gasteiger partial charge on any atom is -0.345 e. The molecule has 4 heteroatoms. The monoisotopic (exact) mass is 240 g/mol. The van der Waals surface area contributed by atoms with Crippen LogP contribution in [0.15, 0.2) is 0 Å². The smallest absolute Gasteiger partial charge is 0.309 e. The van der Waals surface area contributed by atoms with E-state index in [2.05, 4.69) is 17.6 Å². The van der Waals surface area contributed by atoms with Gasteiger partial charge in [-0.25, -0.2) is 0 Å². The summed E-state index contributed by atoms with van der Waals surface area (Å²) in [6, 6.07) is 0.218. The largest absolute Gasteiger partial charge is 0.345 e. The van der Waals surface area contributed by atoms with Gasteiger partial charge >= 0.3 is 11.8 Å². The summed E-state index contributed by atoms with van der Waals surface area (Å²) >= 11 is 0. The lowest BCUT2D eigenvalue weighted by Crippen LogP contribution is -2.49. The number of carbonyl (C=O) groups is 2. The maximum Gasteiger partial charge on any atom is 0.309 e. The lowest BCUT2D eigenvalue weighted by Gasteiger charge is -2.29. The number of amides is 2. The molecular formula is C13H24N2O2. The van der Waals surface area contributed by atoms with Gasteiger partial charge in [0.1, 0.15) is 0 Å². The minimum atomic E-state index is -0.503. The predicted molar refractivity (Wildman–Crippen MR) is 67.5 cm³/mol. The van der Waals surface area contributed by atoms with E-state index >= 15 is 0 Å². The molecule has 17 heavy (non-hydrogen) atoms. The van der Waals surface area contributed by atoms with Crippen LogP contribution in [0.25, 0.3) is 0 Å². The zero-order chi connectivity index (χ0) is 12.8. The van der Waals surface area contributed by atoms with E-state index in [1.54, 1.807) is 0 Å². The first-order valence-electron chi connectivity index (χ1n) is 6.66. The van der Waals surface area contributed by atoms with E-state index in [0.29, 0.717) is 5.92 Å². The zero-order valence-electron chi connectivity index (χ0n) is 11.1. The van der Waals surface area contributed by atoms with Crippen LogP contribution in [0.4, 0.5) is 0 Å². The topological polar surface area (TPSA) is 58.2 Å². The highest BCUT2D eigenvalue weighted by Gasteiger charge is 2.25. The number of hydrogen-bond donors (Lipinski definition) is 2. The second-order valence-electron chi connectivity index (χ2n) is 5.12. The molecule has 1 fully saturated rings. The molecule has 2 N–H and O–H groups in total. The van der Waals surface area contributed by atoms with Crippen LogP contribution >= 0.6 is 0 Å². The van der Waals surface area contributed by atoms with Crippen LogP contribution in [0, 0.1) is 5.92 Å². The molecule has 1 rings (SSSR count). The molecule has 0 spiro atoms. The van der Waals surface area contributed by atoms with E-state index < -0.39 is 11.8 Å². The van der Waals surface area contributed by atoms with Crippen LogP contribution in [-0.4, -0.2) is 23.9 Å². The highest BCUT2D eigenvalue weighted by Crippen LogP contribution is 2.23. The van der Waals surface area contributed by atoms with Crippen LogP contribution in [-0.2, 0) is 9.59 Å². The highest BCUT2D eigenvalue weighted by molar-refractivity contribution is 6.35. The molecule has 1 aliphatic rings. The Morgan fingerprint density at radius 2 is 1.88 bits per heavy atom. The van der Waals surface area contributed by atoms with Crippen molar-refractivity contribution in [2.75, 3.05) is 0 Å². The van der Waals surface area contributed by atoms with Gasteiger partial charge in [0.2, 0.25) is 0 Å². The van der Waals surface area contributed by atoms with Gasteiger partial charge in [0.05, 0.1) is 0 Å². The van der Waals surface area contributed by atoms with Gasteiger partial charge in [-0.3, -0.25) is 9.59 Å². The fourth-order valence-corrected chi connectivity index (χ4v) is 2.16. The van der Waals surface area contributed by atoms with Crippen molar-refractivity contribution in [1.29, 1.82) is 0 Å². The van der Waals surface area contributed by atoms with Crippen molar-refractivity contribution in [1.82, 2.24) is 10.6 Å². The summed E-state index contributed by atoms with van der Waals surface area (Å²) in [7, 11) is 0. The fraction of sp³-hybridized carbons (Fsp3) is 0.846. The Bertz CT molecular complexity index is 279. The van der Waals surface area contributed by atoms with E-state index in [0.717, 1.165) is 25.7 Å². The van der Waals surface area contributed by atoms with Crippen molar-refractivity contribution in [3.05, 3.63) is 0 Å². The van der Waals surface area contributed by atoms with E-state index in [1.807, 2.05) is 13.8 Å². The molecule has 0 aromatic heterocycles. The molecule has 2 amide bonds. The second kappa shape index (κ2) is 6.62. The van der Waals surface area contributed by atoms with Gasteiger partial charge in [0.15, 0.2) is 0 Å². The molecule has 0 heterocycles. The molecule has 1 saturated carbocycles. The quantitative estimate of drug-likeness (QED) is 0.736. The van der Waals surface area contributed by atoms with Crippen molar-refractivity contribution in [3.8, 4) is 0 Å². The Labute approximate surface area is 104 Å². The fourth-order valence-electron chi connectivity index (χ4n) is 2.16. The molecule has 0 bridgehead atoms. The molecular weight excluding hydrogens is 216 g/mol. The first-order chi connectivity index (χ1) is 8.04. The van der Waals surface area contributed by atoms with Gasteiger partial charge in [0.25, 0.3) is 0 Å². The average molecular weight is 240 g/mol. The first kappa shape index (κ1) is 14.0. The van der Waals surface area contributed by atoms with Crippen molar-refractivity contribution >= 4 is 11.8 Å². The molecule has 0 aromatic rings. The molecule has 1 aliphatic carbocycles. The number of carbonyl (C=O) groups excluding carboxylic acids is 2. The van der Waals surface area contributed by atoms with Crippen molar-refractivity contribution in [2.45, 2.75) is 65.0 Å². The van der Waals surface area contributed by atoms with E-state index in [9.17, 15) is 9.59 Å². The van der Waals surface area contributed by atoms with Crippen molar-refractivity contribution in [2.24, 2.45) is 5.92 Å². The van der Waals surface area contributed by atoms with Crippen LogP contribution in [0.3, 0.4) is 0 Å². The summed E-state index contributed by atoms with van der Waals surface area (Å²) in [6.07, 6.45) is 5.33. The number of nitrogens with one attached hydrogen (secondary N) is 2. The molecule has 0 radical (unpaired) electrons. The Hall–Kier alpha value is -1.06. The molecule has 4 nitrogen and oxygen atoms in total. The summed E-state index contributed by atoms with van der Waals surface area (Å²) in [5.41, 5.74) is 0. The zero-order valence-corrected chi connectivity index (χ0v) is 11.1. The number of hydrogen-bond acceptors (Lipinski definition) is 2. The van der Waals surface area contributed by atoms with Crippen LogP contribution < -0.4 is 10.6 Å². The summed E-state index contributed by atoms with van der Waals surface area (Å²) in [6.45, 7) is 6.01. The SMILES string of the molecule is CC[C@@H](C)NC(=O)C(=O)N[C@@H]1CCCC[C@@H]1C. The van der Waals surface area contributed by atoms with Crippen LogP contribution in [0.2, 0.25) is 0 Å². The lowest BCUT2D eigenvalue weighted by atomic mass is 9.86. The third kappa shape index (κ3) is 4.36. The molecule has 0 aliphatic heterocycles. The van der Waals surface area contributed by atoms with E-state index in [4.69, 9.17) is 0 Å². The molecule has 0 aromatic carbocycles. The molecule has 98 valence electrons. The Kier molecular flexibility index (Phi) is 5.45. The van der Waals surface area contributed by atoms with Gasteiger partial charge in [-0.15, -0.1) is 0 Å². The third-order valence-corrected chi connectivity index (χ3v) is 3.62. The lowest BCUT2D eigenvalue weighted by molar-refractivity contribution is -0.140. The molecule has 0 saturated heterocycles. The van der Waals surface area contributed by atoms with Gasteiger partial charge in [-0.1, -0.05) is 26.7 Å². The standard InChI is InChI=1S/C13H24N2O2/c1-4-10(3)14-12(16)13(17)15-11-8-6-5-7-9(11)2/h9-11H,4-8H2,1-3H3,(H,14,16)(H,15,17)/t9-,10+,11+/m0/s1. The Balaban J connectivity index is 2.39. The summed E-state index contributed by atoms with van der Waals surface area (Å²) in [5, 5.41) is 5.53. The van der Waals surface area contributed by atoms with Crippen molar-refractivity contribution in [3.63, 3.8) is 0 Å². The van der Waals surface area contributed by atoms with Crippen LogP contribution in [0.5, 0.6) is 0 Å².